The fourth-order valence-corrected chi connectivity index (χ4v) is 1.69. The Morgan fingerprint density at radius 3 is 2.29 bits per heavy atom. The first-order chi connectivity index (χ1) is 5.95. The fourth-order valence-electron chi connectivity index (χ4n) is 1.14. The molecule has 14 heavy (non-hydrogen) atoms. The van der Waals surface area contributed by atoms with Crippen molar-refractivity contribution in [2.75, 3.05) is 5.75 Å². The van der Waals surface area contributed by atoms with E-state index < -0.39 is 10.1 Å². The molecule has 80 valence electrons. The topological polar surface area (TPSA) is 77.4 Å². The first-order valence-electron chi connectivity index (χ1n) is 4.57. The van der Waals surface area contributed by atoms with Gasteiger partial charge in [0.25, 0.3) is 0 Å². The van der Waals surface area contributed by atoms with Gasteiger partial charge in [-0.1, -0.05) is 13.3 Å². The molecule has 0 fully saturated rings. The van der Waals surface area contributed by atoms with E-state index in [-0.39, 0.29) is 63.2 Å². The van der Waals surface area contributed by atoms with Gasteiger partial charge in [-0.25, -0.2) is 8.42 Å². The van der Waals surface area contributed by atoms with Crippen LogP contribution in [0.1, 0.15) is 39.0 Å². The molecule has 0 heterocycles. The SMILES string of the molecule is CCCC(O)CCCCS(=O)(=O)[O-].[K+]. The van der Waals surface area contributed by atoms with Gasteiger partial charge in [-0.15, -0.1) is 0 Å². The molecule has 0 amide bonds. The Morgan fingerprint density at radius 1 is 1.29 bits per heavy atom. The molecule has 0 aliphatic rings. The molecule has 0 aliphatic carbocycles. The Morgan fingerprint density at radius 2 is 1.86 bits per heavy atom. The maximum Gasteiger partial charge on any atom is 1.00 e. The fraction of sp³-hybridized carbons (Fsp3) is 1.00. The molecule has 4 nitrogen and oxygen atoms in total. The van der Waals surface area contributed by atoms with E-state index in [2.05, 4.69) is 0 Å². The van der Waals surface area contributed by atoms with Crippen LogP contribution < -0.4 is 51.4 Å². The molecular formula is C8H17KO4S. The second kappa shape index (κ2) is 9.71. The summed E-state index contributed by atoms with van der Waals surface area (Å²) < 4.78 is 30.6. The van der Waals surface area contributed by atoms with Gasteiger partial charge in [0.15, 0.2) is 0 Å². The van der Waals surface area contributed by atoms with E-state index >= 15 is 0 Å². The minimum atomic E-state index is -4.07. The largest absolute Gasteiger partial charge is 1.00 e. The van der Waals surface area contributed by atoms with Crippen LogP contribution in [0, 0.1) is 0 Å². The van der Waals surface area contributed by atoms with Crippen molar-refractivity contribution in [2.24, 2.45) is 0 Å². The van der Waals surface area contributed by atoms with Crippen molar-refractivity contribution in [1.82, 2.24) is 0 Å². The molecule has 0 radical (unpaired) electrons. The van der Waals surface area contributed by atoms with Crippen molar-refractivity contribution in [3.8, 4) is 0 Å². The molecule has 0 aromatic heterocycles. The Kier molecular flexibility index (Phi) is 12.4. The second-order valence-electron chi connectivity index (χ2n) is 3.20. The van der Waals surface area contributed by atoms with Crippen LogP contribution in [0.2, 0.25) is 0 Å². The third-order valence-electron chi connectivity index (χ3n) is 1.80. The number of hydrogen-bond acceptors (Lipinski definition) is 4. The van der Waals surface area contributed by atoms with Crippen LogP contribution in [0.25, 0.3) is 0 Å². The Hall–Kier alpha value is 1.51. The standard InChI is InChI=1S/C8H18O4S.K/c1-2-5-8(9)6-3-4-7-13(10,11)12;/h8-9H,2-7H2,1H3,(H,10,11,12);/q;+1/p-1. The number of unbranched alkanes of at least 4 members (excludes halogenated alkanes) is 1. The Labute approximate surface area is 129 Å². The monoisotopic (exact) mass is 248 g/mol. The summed E-state index contributed by atoms with van der Waals surface area (Å²) in [6.07, 6.45) is 2.85. The molecule has 0 bridgehead atoms. The number of aliphatic hydroxyl groups excluding tert-OH is 1. The van der Waals surface area contributed by atoms with Crippen LogP contribution in [0.5, 0.6) is 0 Å². The van der Waals surface area contributed by atoms with Crippen molar-refractivity contribution in [2.45, 2.75) is 45.1 Å². The van der Waals surface area contributed by atoms with Gasteiger partial charge in [0.2, 0.25) is 0 Å². The van der Waals surface area contributed by atoms with E-state index in [0.29, 0.717) is 19.3 Å². The quantitative estimate of drug-likeness (QED) is 0.317. The van der Waals surface area contributed by atoms with Crippen molar-refractivity contribution >= 4 is 10.1 Å². The summed E-state index contributed by atoms with van der Waals surface area (Å²) >= 11 is 0. The summed E-state index contributed by atoms with van der Waals surface area (Å²) in [6, 6.07) is 0. The molecule has 0 spiro atoms. The van der Waals surface area contributed by atoms with E-state index in [0.717, 1.165) is 12.8 Å². The molecular weight excluding hydrogens is 231 g/mol. The molecule has 1 atom stereocenters. The van der Waals surface area contributed by atoms with Gasteiger partial charge in [0, 0.05) is 5.75 Å². The van der Waals surface area contributed by atoms with Crippen LogP contribution in [-0.2, 0) is 10.1 Å². The van der Waals surface area contributed by atoms with Crippen LogP contribution in [0.4, 0.5) is 0 Å². The van der Waals surface area contributed by atoms with Gasteiger partial charge >= 0.3 is 51.4 Å². The first-order valence-corrected chi connectivity index (χ1v) is 6.15. The average molecular weight is 248 g/mol. The predicted octanol–water partition coefficient (Wildman–Crippen LogP) is -2.13. The normalized spacial score (nSPS) is 13.4. The number of aliphatic hydroxyl groups is 1. The smallest absolute Gasteiger partial charge is 0.748 e. The van der Waals surface area contributed by atoms with Gasteiger partial charge < -0.3 is 9.66 Å². The first kappa shape index (κ1) is 17.9. The molecule has 0 saturated heterocycles. The third kappa shape index (κ3) is 13.5. The van der Waals surface area contributed by atoms with Gasteiger partial charge in [-0.3, -0.25) is 0 Å². The molecule has 0 rings (SSSR count). The zero-order valence-electron chi connectivity index (χ0n) is 8.90. The van der Waals surface area contributed by atoms with Gasteiger partial charge in [0.05, 0.1) is 16.2 Å². The maximum atomic E-state index is 10.2. The van der Waals surface area contributed by atoms with Crippen molar-refractivity contribution in [1.29, 1.82) is 0 Å². The molecule has 0 aromatic rings. The molecule has 1 unspecified atom stereocenters. The van der Waals surface area contributed by atoms with Gasteiger partial charge in [-0.2, -0.15) is 0 Å². The van der Waals surface area contributed by atoms with Gasteiger partial charge in [-0.05, 0) is 25.7 Å². The summed E-state index contributed by atoms with van der Waals surface area (Å²) in [5.41, 5.74) is 0. The molecule has 0 saturated carbocycles. The average Bonchev–Trinajstić information content (AvgIpc) is 1.97. The summed E-state index contributed by atoms with van der Waals surface area (Å²) in [5.74, 6) is -0.314. The predicted molar refractivity (Wildman–Crippen MR) is 49.3 cm³/mol. The minimum absolute atomic E-state index is 0. The van der Waals surface area contributed by atoms with Crippen LogP contribution in [-0.4, -0.2) is 29.9 Å². The Balaban J connectivity index is 0. The van der Waals surface area contributed by atoms with Crippen molar-refractivity contribution < 1.29 is 69.5 Å². The van der Waals surface area contributed by atoms with E-state index in [1.165, 1.54) is 0 Å². The maximum absolute atomic E-state index is 10.2. The van der Waals surface area contributed by atoms with Crippen LogP contribution >= 0.6 is 0 Å². The van der Waals surface area contributed by atoms with Crippen molar-refractivity contribution in [3.63, 3.8) is 0 Å². The van der Waals surface area contributed by atoms with E-state index in [1.807, 2.05) is 6.92 Å². The summed E-state index contributed by atoms with van der Waals surface area (Å²) in [4.78, 5) is 0. The third-order valence-corrected chi connectivity index (χ3v) is 2.59. The van der Waals surface area contributed by atoms with E-state index in [1.54, 1.807) is 0 Å². The second-order valence-corrected chi connectivity index (χ2v) is 4.72. The van der Waals surface area contributed by atoms with Crippen molar-refractivity contribution in [3.05, 3.63) is 0 Å². The molecule has 0 aromatic carbocycles. The number of hydrogen-bond donors (Lipinski definition) is 1. The summed E-state index contributed by atoms with van der Waals surface area (Å²) in [7, 11) is -4.07. The van der Waals surface area contributed by atoms with Gasteiger partial charge in [0.1, 0.15) is 0 Å². The molecule has 0 aliphatic heterocycles. The van der Waals surface area contributed by atoms with Crippen LogP contribution in [0.15, 0.2) is 0 Å². The van der Waals surface area contributed by atoms with Crippen LogP contribution in [0.3, 0.4) is 0 Å². The molecule has 6 heteroatoms. The summed E-state index contributed by atoms with van der Waals surface area (Å²) in [6.45, 7) is 1.98. The van der Waals surface area contributed by atoms with E-state index in [9.17, 15) is 18.1 Å². The zero-order chi connectivity index (χ0) is 10.3. The summed E-state index contributed by atoms with van der Waals surface area (Å²) in [5, 5.41) is 9.25. The molecule has 1 N–H and O–H groups in total. The zero-order valence-corrected chi connectivity index (χ0v) is 12.8. The van der Waals surface area contributed by atoms with E-state index in [4.69, 9.17) is 0 Å². The Bertz CT molecular complexity index is 215. The minimum Gasteiger partial charge on any atom is -0.748 e. The number of rotatable bonds is 7.